The van der Waals surface area contributed by atoms with E-state index in [2.05, 4.69) is 6.92 Å². The summed E-state index contributed by atoms with van der Waals surface area (Å²) in [6.45, 7) is 3.37. The van der Waals surface area contributed by atoms with Gasteiger partial charge in [0.2, 0.25) is 0 Å². The lowest BCUT2D eigenvalue weighted by Crippen LogP contribution is -1.98. The van der Waals surface area contributed by atoms with Gasteiger partial charge in [0.15, 0.2) is 11.5 Å². The van der Waals surface area contributed by atoms with Crippen LogP contribution in [0.15, 0.2) is 18.2 Å². The Kier molecular flexibility index (Phi) is 4.98. The Morgan fingerprint density at radius 3 is 2.53 bits per heavy atom. The minimum Gasteiger partial charge on any atom is -0.493 e. The van der Waals surface area contributed by atoms with Crippen LogP contribution >= 0.6 is 0 Å². The molecule has 1 aromatic carbocycles. The number of ether oxygens (including phenoxy) is 3. The van der Waals surface area contributed by atoms with Gasteiger partial charge in [-0.3, -0.25) is 0 Å². The number of hydrogen-bond acceptors (Lipinski definition) is 3. The maximum Gasteiger partial charge on any atom is 0.161 e. The van der Waals surface area contributed by atoms with E-state index in [1.807, 2.05) is 18.2 Å². The second-order valence-corrected chi connectivity index (χ2v) is 3.27. The summed E-state index contributed by atoms with van der Waals surface area (Å²) in [7, 11) is 3.32. The Bertz CT molecular complexity index is 297. The first-order valence-corrected chi connectivity index (χ1v) is 5.10. The lowest BCUT2D eigenvalue weighted by Gasteiger charge is -2.11. The minimum absolute atomic E-state index is 0.588. The van der Waals surface area contributed by atoms with Crippen molar-refractivity contribution in [3.63, 3.8) is 0 Å². The van der Waals surface area contributed by atoms with Crippen LogP contribution in [0.2, 0.25) is 0 Å². The zero-order valence-electron chi connectivity index (χ0n) is 9.58. The highest BCUT2D eigenvalue weighted by Crippen LogP contribution is 2.28. The molecular weight excluding hydrogens is 192 g/mol. The van der Waals surface area contributed by atoms with E-state index in [9.17, 15) is 0 Å². The molecular formula is C12H18O3. The maximum atomic E-state index is 5.54. The van der Waals surface area contributed by atoms with Crippen LogP contribution in [0.5, 0.6) is 11.5 Å². The van der Waals surface area contributed by atoms with E-state index in [1.54, 1.807) is 14.2 Å². The van der Waals surface area contributed by atoms with E-state index in [-0.39, 0.29) is 0 Å². The first kappa shape index (κ1) is 11.9. The van der Waals surface area contributed by atoms with Crippen molar-refractivity contribution in [2.45, 2.75) is 20.0 Å². The van der Waals surface area contributed by atoms with Gasteiger partial charge in [-0.25, -0.2) is 0 Å². The van der Waals surface area contributed by atoms with Crippen LogP contribution in [0.3, 0.4) is 0 Å². The summed E-state index contributed by atoms with van der Waals surface area (Å²) in [6.07, 6.45) is 0.989. The normalized spacial score (nSPS) is 10.1. The van der Waals surface area contributed by atoms with Crippen molar-refractivity contribution in [3.05, 3.63) is 23.8 Å². The molecule has 3 nitrogen and oxygen atoms in total. The molecule has 0 saturated heterocycles. The number of methoxy groups -OCH3 is 2. The number of hydrogen-bond donors (Lipinski definition) is 0. The summed E-state index contributed by atoms with van der Waals surface area (Å²) in [4.78, 5) is 0. The van der Waals surface area contributed by atoms with Gasteiger partial charge in [-0.05, 0) is 24.1 Å². The summed E-state index contributed by atoms with van der Waals surface area (Å²) in [6, 6.07) is 5.84. The topological polar surface area (TPSA) is 27.7 Å². The van der Waals surface area contributed by atoms with Crippen molar-refractivity contribution >= 4 is 0 Å². The van der Waals surface area contributed by atoms with Crippen LogP contribution in [0, 0.1) is 0 Å². The maximum absolute atomic E-state index is 5.54. The van der Waals surface area contributed by atoms with Gasteiger partial charge < -0.3 is 14.2 Å². The lowest BCUT2D eigenvalue weighted by molar-refractivity contribution is 0.184. The molecule has 0 aliphatic carbocycles. The lowest BCUT2D eigenvalue weighted by atomic mass is 10.2. The molecule has 1 rings (SSSR count). The highest BCUT2D eigenvalue weighted by molar-refractivity contribution is 5.42. The summed E-state index contributed by atoms with van der Waals surface area (Å²) in [5.74, 6) is 1.55. The van der Waals surface area contributed by atoms with Crippen molar-refractivity contribution in [1.29, 1.82) is 0 Å². The molecule has 0 N–H and O–H groups in total. The standard InChI is InChI=1S/C12H18O3/c1-4-7-15-11-6-5-10(9-13-2)8-12(11)14-3/h5-6,8H,4,7,9H2,1-3H3. The van der Waals surface area contributed by atoms with Crippen molar-refractivity contribution in [1.82, 2.24) is 0 Å². The third-order valence-corrected chi connectivity index (χ3v) is 2.00. The summed E-state index contributed by atoms with van der Waals surface area (Å²) < 4.78 is 15.8. The van der Waals surface area contributed by atoms with E-state index in [0.717, 1.165) is 23.5 Å². The van der Waals surface area contributed by atoms with Crippen LogP contribution in [0.1, 0.15) is 18.9 Å². The summed E-state index contributed by atoms with van der Waals surface area (Å²) in [5.41, 5.74) is 1.08. The van der Waals surface area contributed by atoms with Crippen molar-refractivity contribution < 1.29 is 14.2 Å². The first-order valence-electron chi connectivity index (χ1n) is 5.10. The monoisotopic (exact) mass is 210 g/mol. The molecule has 84 valence electrons. The van der Waals surface area contributed by atoms with Gasteiger partial charge in [0.1, 0.15) is 0 Å². The molecule has 1 aromatic rings. The smallest absolute Gasteiger partial charge is 0.161 e. The molecule has 15 heavy (non-hydrogen) atoms. The van der Waals surface area contributed by atoms with E-state index in [4.69, 9.17) is 14.2 Å². The van der Waals surface area contributed by atoms with E-state index in [0.29, 0.717) is 13.2 Å². The molecule has 0 aromatic heterocycles. The largest absolute Gasteiger partial charge is 0.493 e. The van der Waals surface area contributed by atoms with E-state index < -0.39 is 0 Å². The molecule has 0 aliphatic rings. The van der Waals surface area contributed by atoms with Gasteiger partial charge in [-0.1, -0.05) is 13.0 Å². The third-order valence-electron chi connectivity index (χ3n) is 2.00. The number of benzene rings is 1. The SMILES string of the molecule is CCCOc1ccc(COC)cc1OC. The Morgan fingerprint density at radius 1 is 1.13 bits per heavy atom. The van der Waals surface area contributed by atoms with Crippen molar-refractivity contribution in [2.75, 3.05) is 20.8 Å². The highest BCUT2D eigenvalue weighted by Gasteiger charge is 2.04. The second kappa shape index (κ2) is 6.30. The zero-order chi connectivity index (χ0) is 11.1. The molecule has 0 amide bonds. The summed E-state index contributed by atoms with van der Waals surface area (Å²) in [5, 5.41) is 0. The molecule has 0 saturated carbocycles. The first-order chi connectivity index (χ1) is 7.31. The molecule has 0 radical (unpaired) electrons. The van der Waals surface area contributed by atoms with E-state index in [1.165, 1.54) is 0 Å². The highest BCUT2D eigenvalue weighted by atomic mass is 16.5. The molecule has 0 heterocycles. The van der Waals surface area contributed by atoms with Gasteiger partial charge >= 0.3 is 0 Å². The molecule has 0 aliphatic heterocycles. The van der Waals surface area contributed by atoms with Crippen LogP contribution < -0.4 is 9.47 Å². The van der Waals surface area contributed by atoms with Gasteiger partial charge in [-0.2, -0.15) is 0 Å². The quantitative estimate of drug-likeness (QED) is 0.722. The summed E-state index contributed by atoms with van der Waals surface area (Å²) >= 11 is 0. The Morgan fingerprint density at radius 2 is 1.93 bits per heavy atom. The van der Waals surface area contributed by atoms with Crippen LogP contribution in [0.4, 0.5) is 0 Å². The number of rotatable bonds is 6. The van der Waals surface area contributed by atoms with Gasteiger partial charge in [0.25, 0.3) is 0 Å². The molecule has 0 atom stereocenters. The molecule has 0 spiro atoms. The second-order valence-electron chi connectivity index (χ2n) is 3.27. The molecule has 0 fully saturated rings. The third kappa shape index (κ3) is 3.44. The zero-order valence-corrected chi connectivity index (χ0v) is 9.58. The fourth-order valence-electron chi connectivity index (χ4n) is 1.30. The van der Waals surface area contributed by atoms with Crippen molar-refractivity contribution in [3.8, 4) is 11.5 Å². The fraction of sp³-hybridized carbons (Fsp3) is 0.500. The predicted octanol–water partition coefficient (Wildman–Crippen LogP) is 2.63. The van der Waals surface area contributed by atoms with Crippen molar-refractivity contribution in [2.24, 2.45) is 0 Å². The van der Waals surface area contributed by atoms with Crippen LogP contribution in [-0.2, 0) is 11.3 Å². The molecule has 0 unspecified atom stereocenters. The molecule has 0 bridgehead atoms. The Balaban J connectivity index is 2.78. The fourth-order valence-corrected chi connectivity index (χ4v) is 1.30. The average Bonchev–Trinajstić information content (AvgIpc) is 2.27. The van der Waals surface area contributed by atoms with Crippen LogP contribution in [-0.4, -0.2) is 20.8 Å². The van der Waals surface area contributed by atoms with Gasteiger partial charge in [-0.15, -0.1) is 0 Å². The van der Waals surface area contributed by atoms with Crippen LogP contribution in [0.25, 0.3) is 0 Å². The molecule has 3 heteroatoms. The Labute approximate surface area is 91.0 Å². The minimum atomic E-state index is 0.588. The Hall–Kier alpha value is -1.22. The van der Waals surface area contributed by atoms with E-state index >= 15 is 0 Å². The average molecular weight is 210 g/mol. The predicted molar refractivity (Wildman–Crippen MR) is 59.5 cm³/mol. The van der Waals surface area contributed by atoms with Gasteiger partial charge in [0, 0.05) is 7.11 Å². The van der Waals surface area contributed by atoms with Gasteiger partial charge in [0.05, 0.1) is 20.3 Å².